The van der Waals surface area contributed by atoms with E-state index >= 15 is 0 Å². The molecule has 0 spiro atoms. The van der Waals surface area contributed by atoms with E-state index in [1.54, 1.807) is 57.6 Å². The van der Waals surface area contributed by atoms with Crippen molar-refractivity contribution < 1.29 is 23.7 Å². The van der Waals surface area contributed by atoms with Crippen LogP contribution in [-0.4, -0.2) is 65.9 Å². The third-order valence-corrected chi connectivity index (χ3v) is 6.42. The third kappa shape index (κ3) is 7.54. The van der Waals surface area contributed by atoms with Crippen LogP contribution in [0.5, 0.6) is 23.0 Å². The summed E-state index contributed by atoms with van der Waals surface area (Å²) in [7, 11) is 8.53. The fourth-order valence-electron chi connectivity index (χ4n) is 4.06. The molecule has 0 aliphatic carbocycles. The van der Waals surface area contributed by atoms with Gasteiger partial charge in [0.2, 0.25) is 0 Å². The maximum atomic E-state index is 13.5. The summed E-state index contributed by atoms with van der Waals surface area (Å²) in [5.74, 6) is 2.53. The Labute approximate surface area is 224 Å². The zero-order valence-electron chi connectivity index (χ0n) is 22.1. The minimum absolute atomic E-state index is 0.100. The Bertz CT molecular complexity index is 1170. The fraction of sp³-hybridized carbons (Fsp3) is 0.345. The Kier molecular flexibility index (Phi) is 10.5. The minimum atomic E-state index is -0.100. The Morgan fingerprint density at radius 1 is 0.730 bits per heavy atom. The molecular formula is C29H35ClN2O5. The molecule has 0 N–H and O–H groups in total. The predicted octanol–water partition coefficient (Wildman–Crippen LogP) is 5.59. The van der Waals surface area contributed by atoms with Crippen molar-refractivity contribution in [2.24, 2.45) is 0 Å². The third-order valence-electron chi connectivity index (χ3n) is 6.17. The molecular weight excluding hydrogens is 492 g/mol. The predicted molar refractivity (Wildman–Crippen MR) is 148 cm³/mol. The lowest BCUT2D eigenvalue weighted by Gasteiger charge is -2.25. The van der Waals surface area contributed by atoms with Gasteiger partial charge in [0.25, 0.3) is 5.91 Å². The van der Waals surface area contributed by atoms with Crippen molar-refractivity contribution in [3.8, 4) is 23.0 Å². The van der Waals surface area contributed by atoms with Gasteiger partial charge in [0.1, 0.15) is 0 Å². The van der Waals surface area contributed by atoms with E-state index in [1.165, 1.54) is 5.56 Å². The summed E-state index contributed by atoms with van der Waals surface area (Å²) in [6, 6.07) is 18.4. The molecule has 8 heteroatoms. The van der Waals surface area contributed by atoms with Crippen molar-refractivity contribution in [1.29, 1.82) is 0 Å². The van der Waals surface area contributed by atoms with Gasteiger partial charge < -0.3 is 28.7 Å². The van der Waals surface area contributed by atoms with E-state index in [4.69, 9.17) is 30.5 Å². The summed E-state index contributed by atoms with van der Waals surface area (Å²) in [4.78, 5) is 17.5. The number of ether oxygens (including phenoxy) is 4. The number of methoxy groups -OCH3 is 4. The number of hydrogen-bond acceptors (Lipinski definition) is 6. The van der Waals surface area contributed by atoms with Gasteiger partial charge >= 0.3 is 0 Å². The Morgan fingerprint density at radius 2 is 1.32 bits per heavy atom. The quantitative estimate of drug-likeness (QED) is 0.289. The smallest absolute Gasteiger partial charge is 0.258 e. The molecule has 1 amide bonds. The zero-order chi connectivity index (χ0) is 26.8. The molecule has 0 bridgehead atoms. The van der Waals surface area contributed by atoms with Crippen molar-refractivity contribution in [2.45, 2.75) is 12.8 Å². The molecule has 3 aromatic rings. The van der Waals surface area contributed by atoms with E-state index in [0.29, 0.717) is 28.6 Å². The second kappa shape index (κ2) is 13.8. The summed E-state index contributed by atoms with van der Waals surface area (Å²) >= 11 is 6.04. The molecule has 7 nitrogen and oxygen atoms in total. The number of rotatable bonds is 13. The molecule has 3 aromatic carbocycles. The van der Waals surface area contributed by atoms with Crippen molar-refractivity contribution in [3.63, 3.8) is 0 Å². The lowest BCUT2D eigenvalue weighted by molar-refractivity contribution is 0.0986. The van der Waals surface area contributed by atoms with Crippen LogP contribution in [0.2, 0.25) is 5.02 Å². The van der Waals surface area contributed by atoms with Crippen LogP contribution in [-0.2, 0) is 6.42 Å². The molecule has 0 atom stereocenters. The molecule has 0 fully saturated rings. The van der Waals surface area contributed by atoms with E-state index in [9.17, 15) is 4.79 Å². The second-order valence-electron chi connectivity index (χ2n) is 8.60. The number of carbonyl (C=O) groups excluding carboxylic acids is 1. The van der Waals surface area contributed by atoms with E-state index in [2.05, 4.69) is 18.0 Å². The number of likely N-dealkylation sites (N-methyl/N-ethyl adjacent to an activating group) is 1. The first-order valence-corrected chi connectivity index (χ1v) is 12.5. The lowest BCUT2D eigenvalue weighted by Crippen LogP contribution is -2.34. The van der Waals surface area contributed by atoms with Crippen LogP contribution < -0.4 is 23.8 Å². The monoisotopic (exact) mass is 526 g/mol. The van der Waals surface area contributed by atoms with Crippen LogP contribution in [0.15, 0.2) is 60.7 Å². The van der Waals surface area contributed by atoms with E-state index in [1.807, 2.05) is 30.3 Å². The number of halogens is 1. The number of carbonyl (C=O) groups is 1. The highest BCUT2D eigenvalue weighted by molar-refractivity contribution is 6.30. The van der Waals surface area contributed by atoms with E-state index < -0.39 is 0 Å². The standard InChI is InChI=1S/C29H35ClN2O5/c1-31(18-15-21-7-13-25(34-2)27(19-21)36-4)16-6-17-32(29(33)22-8-10-23(30)11-9-22)24-12-14-26(35-3)28(20-24)37-5/h7-14,19-20H,6,15-18H2,1-5H3. The fourth-order valence-corrected chi connectivity index (χ4v) is 4.18. The van der Waals surface area contributed by atoms with Gasteiger partial charge in [0, 0.05) is 35.4 Å². The molecule has 0 aliphatic rings. The SMILES string of the molecule is COc1ccc(CCN(C)CCCN(C(=O)c2ccc(Cl)cc2)c2ccc(OC)c(OC)c2)cc1OC. The average Bonchev–Trinajstić information content (AvgIpc) is 2.93. The molecule has 0 heterocycles. The van der Waals surface area contributed by atoms with Gasteiger partial charge in [0.15, 0.2) is 23.0 Å². The number of nitrogens with zero attached hydrogens (tertiary/aromatic N) is 2. The van der Waals surface area contributed by atoms with Gasteiger partial charge in [-0.1, -0.05) is 17.7 Å². The zero-order valence-corrected chi connectivity index (χ0v) is 22.9. The highest BCUT2D eigenvalue weighted by Crippen LogP contribution is 2.32. The summed E-state index contributed by atoms with van der Waals surface area (Å²) in [5.41, 5.74) is 2.49. The van der Waals surface area contributed by atoms with Crippen LogP contribution >= 0.6 is 11.6 Å². The van der Waals surface area contributed by atoms with Crippen LogP contribution in [0.1, 0.15) is 22.3 Å². The van der Waals surface area contributed by atoms with Crippen LogP contribution in [0.25, 0.3) is 0 Å². The van der Waals surface area contributed by atoms with Gasteiger partial charge in [-0.3, -0.25) is 4.79 Å². The summed E-state index contributed by atoms with van der Waals surface area (Å²) in [5, 5.41) is 0.588. The lowest BCUT2D eigenvalue weighted by atomic mass is 10.1. The van der Waals surface area contributed by atoms with Crippen LogP contribution in [0.4, 0.5) is 5.69 Å². The molecule has 0 radical (unpaired) electrons. The van der Waals surface area contributed by atoms with Gasteiger partial charge in [0.05, 0.1) is 28.4 Å². The first-order valence-electron chi connectivity index (χ1n) is 12.1. The summed E-state index contributed by atoms with van der Waals surface area (Å²) in [6.45, 7) is 2.24. The Hall–Kier alpha value is -3.42. The number of benzene rings is 3. The molecule has 3 rings (SSSR count). The highest BCUT2D eigenvalue weighted by Gasteiger charge is 2.20. The van der Waals surface area contributed by atoms with E-state index in [-0.39, 0.29) is 5.91 Å². The Morgan fingerprint density at radius 3 is 1.95 bits per heavy atom. The van der Waals surface area contributed by atoms with Gasteiger partial charge in [-0.05, 0) is 80.5 Å². The second-order valence-corrected chi connectivity index (χ2v) is 9.04. The first-order chi connectivity index (χ1) is 17.9. The van der Waals surface area contributed by atoms with Crippen molar-refractivity contribution >= 4 is 23.2 Å². The highest BCUT2D eigenvalue weighted by atomic mass is 35.5. The number of hydrogen-bond donors (Lipinski definition) is 0. The van der Waals surface area contributed by atoms with Gasteiger partial charge in [-0.15, -0.1) is 0 Å². The van der Waals surface area contributed by atoms with Crippen LogP contribution in [0.3, 0.4) is 0 Å². The van der Waals surface area contributed by atoms with Gasteiger partial charge in [-0.25, -0.2) is 0 Å². The Balaban J connectivity index is 1.67. The van der Waals surface area contributed by atoms with Crippen molar-refractivity contribution in [2.75, 3.05) is 60.0 Å². The average molecular weight is 527 g/mol. The maximum absolute atomic E-state index is 13.5. The molecule has 37 heavy (non-hydrogen) atoms. The largest absolute Gasteiger partial charge is 0.493 e. The maximum Gasteiger partial charge on any atom is 0.258 e. The van der Waals surface area contributed by atoms with E-state index in [0.717, 1.165) is 43.1 Å². The normalized spacial score (nSPS) is 10.8. The van der Waals surface area contributed by atoms with Crippen molar-refractivity contribution in [1.82, 2.24) is 4.90 Å². The molecule has 0 unspecified atom stereocenters. The summed E-state index contributed by atoms with van der Waals surface area (Å²) < 4.78 is 21.6. The molecule has 0 saturated heterocycles. The van der Waals surface area contributed by atoms with Gasteiger partial charge in [-0.2, -0.15) is 0 Å². The molecule has 0 aromatic heterocycles. The minimum Gasteiger partial charge on any atom is -0.493 e. The summed E-state index contributed by atoms with van der Waals surface area (Å²) in [6.07, 6.45) is 1.66. The first kappa shape index (κ1) is 28.2. The van der Waals surface area contributed by atoms with Crippen molar-refractivity contribution in [3.05, 3.63) is 76.8 Å². The molecule has 198 valence electrons. The molecule has 0 saturated carbocycles. The molecule has 0 aliphatic heterocycles. The number of amides is 1. The number of anilines is 1. The topological polar surface area (TPSA) is 60.5 Å². The van der Waals surface area contributed by atoms with Crippen LogP contribution in [0, 0.1) is 0 Å².